The maximum Gasteiger partial charge on any atom is 0.328 e. The maximum absolute atomic E-state index is 14.0. The molecule has 0 saturated carbocycles. The molecule has 2 rings (SSSR count). The molecule has 0 spiro atoms. The zero-order valence-electron chi connectivity index (χ0n) is 9.92. The Morgan fingerprint density at radius 3 is 2.75 bits per heavy atom. The molecule has 3 N–H and O–H groups in total. The van der Waals surface area contributed by atoms with E-state index in [9.17, 15) is 23.1 Å². The van der Waals surface area contributed by atoms with Crippen LogP contribution in [0.15, 0.2) is 11.0 Å². The number of nitrogens with zero attached hydrogens (tertiary/aromatic N) is 1. The van der Waals surface area contributed by atoms with Crippen LogP contribution in [0.1, 0.15) is 6.23 Å². The molecule has 1 aliphatic rings. The first-order chi connectivity index (χ1) is 9.36. The van der Waals surface area contributed by atoms with Gasteiger partial charge in [-0.2, -0.15) is 0 Å². The molecule has 1 unspecified atom stereocenters. The summed E-state index contributed by atoms with van der Waals surface area (Å²) in [6, 6.07) is 0. The van der Waals surface area contributed by atoms with Crippen molar-refractivity contribution in [1.82, 2.24) is 9.55 Å². The molecule has 1 aliphatic heterocycles. The normalized spacial score (nSPS) is 33.5. The maximum atomic E-state index is 14.0. The van der Waals surface area contributed by atoms with Crippen molar-refractivity contribution >= 4 is 12.2 Å². The predicted molar refractivity (Wildman–Crippen MR) is 62.7 cm³/mol. The number of H-pyrrole nitrogens is 1. The molecule has 20 heavy (non-hydrogen) atoms. The van der Waals surface area contributed by atoms with Crippen molar-refractivity contribution in [2.75, 3.05) is 13.3 Å². The lowest BCUT2D eigenvalue weighted by Gasteiger charge is -2.26. The molecule has 2 heterocycles. The number of aliphatic hydroxyl groups is 2. The molecule has 0 radical (unpaired) electrons. The first-order valence-electron chi connectivity index (χ1n) is 5.54. The highest BCUT2D eigenvalue weighted by molar-refractivity contribution is 7.71. The molecular weight excluding hydrogens is 301 g/mol. The van der Waals surface area contributed by atoms with Crippen molar-refractivity contribution in [3.63, 3.8) is 0 Å². The van der Waals surface area contributed by atoms with Crippen LogP contribution in [-0.2, 0) is 4.74 Å². The molecule has 1 saturated heterocycles. The Balaban J connectivity index is 2.47. The average Bonchev–Trinajstić information content (AvgIpc) is 2.68. The number of ether oxygens (including phenoxy) is 1. The quantitative estimate of drug-likeness (QED) is 0.683. The van der Waals surface area contributed by atoms with Crippen molar-refractivity contribution in [3.8, 4) is 0 Å². The summed E-state index contributed by atoms with van der Waals surface area (Å²) in [5.74, 6) is -1.01. The van der Waals surface area contributed by atoms with E-state index in [0.717, 1.165) is 0 Å². The van der Waals surface area contributed by atoms with Crippen LogP contribution in [0.25, 0.3) is 0 Å². The lowest BCUT2D eigenvalue weighted by atomic mass is 9.98. The fourth-order valence-corrected chi connectivity index (χ4v) is 2.10. The molecule has 10 heteroatoms. The average molecular weight is 312 g/mol. The van der Waals surface area contributed by atoms with Gasteiger partial charge in [0.1, 0.15) is 17.4 Å². The first kappa shape index (κ1) is 15.2. The third-order valence-electron chi connectivity index (χ3n) is 3.16. The highest BCUT2D eigenvalue weighted by Crippen LogP contribution is 2.38. The Hall–Kier alpha value is -1.23. The Morgan fingerprint density at radius 1 is 1.60 bits per heavy atom. The van der Waals surface area contributed by atoms with Gasteiger partial charge in [-0.15, -0.1) is 0 Å². The minimum absolute atomic E-state index is 0.473. The van der Waals surface area contributed by atoms with Crippen LogP contribution in [0, 0.1) is 10.5 Å². The molecule has 0 aliphatic carbocycles. The first-order valence-corrected chi connectivity index (χ1v) is 5.95. The lowest BCUT2D eigenvalue weighted by Crippen LogP contribution is -2.47. The fraction of sp³-hybridized carbons (Fsp3) is 0.600. The third kappa shape index (κ3) is 2.18. The fourth-order valence-electron chi connectivity index (χ4n) is 1.96. The second-order valence-electron chi connectivity index (χ2n) is 4.40. The van der Waals surface area contributed by atoms with E-state index in [-0.39, 0.29) is 0 Å². The second-order valence-corrected chi connectivity index (χ2v) is 4.81. The topological polar surface area (TPSA) is 87.5 Å². The predicted octanol–water partition coefficient (Wildman–Crippen LogP) is -0.0266. The smallest absolute Gasteiger partial charge is 0.328 e. The van der Waals surface area contributed by atoms with E-state index in [1.54, 1.807) is 0 Å². The van der Waals surface area contributed by atoms with E-state index in [0.29, 0.717) is 10.8 Å². The molecular formula is C10H11F3N2O4S. The van der Waals surface area contributed by atoms with Gasteiger partial charge in [0.25, 0.3) is 0 Å². The minimum atomic E-state index is -2.22. The van der Waals surface area contributed by atoms with Crippen LogP contribution in [0.2, 0.25) is 0 Å². The van der Waals surface area contributed by atoms with Crippen molar-refractivity contribution in [1.29, 1.82) is 0 Å². The van der Waals surface area contributed by atoms with Crippen molar-refractivity contribution in [2.24, 2.45) is 0 Å². The summed E-state index contributed by atoms with van der Waals surface area (Å²) in [4.78, 5) is 13.6. The second kappa shape index (κ2) is 5.28. The van der Waals surface area contributed by atoms with Gasteiger partial charge >= 0.3 is 5.69 Å². The van der Waals surface area contributed by atoms with E-state index in [2.05, 4.69) is 12.2 Å². The van der Waals surface area contributed by atoms with E-state index in [1.807, 2.05) is 4.98 Å². The van der Waals surface area contributed by atoms with Crippen LogP contribution in [-0.4, -0.2) is 50.9 Å². The van der Waals surface area contributed by atoms with Gasteiger partial charge in [0, 0.05) is 0 Å². The van der Waals surface area contributed by atoms with E-state index in [4.69, 9.17) is 9.84 Å². The van der Waals surface area contributed by atoms with Crippen LogP contribution in [0.3, 0.4) is 0 Å². The number of halogens is 3. The molecule has 112 valence electrons. The number of rotatable bonds is 3. The number of alkyl halides is 2. The molecule has 0 amide bonds. The standard InChI is InChI=1S/C10H11F3N2O4S/c11-2-10(3-16)6(17)5(13)8(19-10)15-1-4(12)7(20)14-9(15)18/h1,5-6,8,16-17H,2-3H2,(H,14,18,20)/t5-,6?,8+,10+/m0/s1. The van der Waals surface area contributed by atoms with Gasteiger partial charge in [-0.3, -0.25) is 9.55 Å². The summed E-state index contributed by atoms with van der Waals surface area (Å²) >= 11 is 4.49. The third-order valence-corrected chi connectivity index (χ3v) is 3.46. The van der Waals surface area contributed by atoms with Crippen molar-refractivity contribution < 1.29 is 28.1 Å². The van der Waals surface area contributed by atoms with Gasteiger partial charge in [0.05, 0.1) is 12.8 Å². The van der Waals surface area contributed by atoms with Crippen LogP contribution in [0.4, 0.5) is 13.2 Å². The number of hydrogen-bond acceptors (Lipinski definition) is 5. The van der Waals surface area contributed by atoms with Gasteiger partial charge in [-0.25, -0.2) is 18.0 Å². The van der Waals surface area contributed by atoms with Gasteiger partial charge in [-0.05, 0) is 0 Å². The van der Waals surface area contributed by atoms with Crippen LogP contribution >= 0.6 is 12.2 Å². The number of aromatic amines is 1. The van der Waals surface area contributed by atoms with Gasteiger partial charge in [0.2, 0.25) is 0 Å². The summed E-state index contributed by atoms with van der Waals surface area (Å²) in [5, 5.41) is 18.7. The molecule has 1 fully saturated rings. The SMILES string of the molecule is O=c1[nH]c(=S)c(F)cn1[C@@H]1O[C@@](CO)(CF)C(O)[C@@H]1F. The summed E-state index contributed by atoms with van der Waals surface area (Å²) in [6.45, 7) is -2.37. The molecule has 1 aromatic heterocycles. The van der Waals surface area contributed by atoms with Crippen molar-refractivity contribution in [2.45, 2.75) is 24.1 Å². The Labute approximate surface area is 115 Å². The summed E-state index contributed by atoms with van der Waals surface area (Å²) in [6.07, 6.45) is -5.40. The summed E-state index contributed by atoms with van der Waals surface area (Å²) < 4.78 is 45.2. The Kier molecular flexibility index (Phi) is 4.00. The van der Waals surface area contributed by atoms with Gasteiger partial charge in [0.15, 0.2) is 23.8 Å². The zero-order valence-corrected chi connectivity index (χ0v) is 10.7. The number of aliphatic hydroxyl groups excluding tert-OH is 2. The molecule has 6 nitrogen and oxygen atoms in total. The monoisotopic (exact) mass is 312 g/mol. The molecule has 4 atom stereocenters. The summed E-state index contributed by atoms with van der Waals surface area (Å²) in [7, 11) is 0. The Bertz CT molecular complexity index is 615. The molecule has 0 aromatic carbocycles. The van der Waals surface area contributed by atoms with Gasteiger partial charge in [-0.1, -0.05) is 12.2 Å². The van der Waals surface area contributed by atoms with E-state index >= 15 is 0 Å². The highest BCUT2D eigenvalue weighted by atomic mass is 32.1. The van der Waals surface area contributed by atoms with Crippen LogP contribution in [0.5, 0.6) is 0 Å². The zero-order chi connectivity index (χ0) is 15.1. The molecule has 0 bridgehead atoms. The summed E-state index contributed by atoms with van der Waals surface area (Å²) in [5.41, 5.74) is -3.17. The number of nitrogens with one attached hydrogen (secondary N) is 1. The number of aromatic nitrogens is 2. The number of hydrogen-bond donors (Lipinski definition) is 3. The van der Waals surface area contributed by atoms with E-state index in [1.165, 1.54) is 0 Å². The molecule has 1 aromatic rings. The largest absolute Gasteiger partial charge is 0.393 e. The Morgan fingerprint density at radius 2 is 2.25 bits per heavy atom. The minimum Gasteiger partial charge on any atom is -0.393 e. The lowest BCUT2D eigenvalue weighted by molar-refractivity contribution is -0.138. The highest BCUT2D eigenvalue weighted by Gasteiger charge is 2.56. The van der Waals surface area contributed by atoms with Gasteiger partial charge < -0.3 is 14.9 Å². The van der Waals surface area contributed by atoms with Crippen LogP contribution < -0.4 is 5.69 Å². The van der Waals surface area contributed by atoms with Crippen molar-refractivity contribution in [3.05, 3.63) is 27.1 Å². The van der Waals surface area contributed by atoms with E-state index < -0.39 is 53.5 Å².